The molecule has 0 saturated heterocycles. The normalized spacial score (nSPS) is 17.2. The SMILES string of the molecule is COC1=C(OC)C(=O)C(C/C=C(/C)CCC[C@H](C)CCC[C@@H](C)CCCC(C)C)=C(C)C1=O. The summed E-state index contributed by atoms with van der Waals surface area (Å²) >= 11 is 0. The Morgan fingerprint density at radius 1 is 0.788 bits per heavy atom. The van der Waals surface area contributed by atoms with Crippen LogP contribution >= 0.6 is 0 Å². The number of allylic oxidation sites excluding steroid dienone is 4. The first-order chi connectivity index (χ1) is 15.6. The van der Waals surface area contributed by atoms with Crippen molar-refractivity contribution in [3.8, 4) is 0 Å². The fraction of sp³-hybridized carbons (Fsp3) is 0.724. The average molecular weight is 461 g/mol. The molecule has 4 heteroatoms. The van der Waals surface area contributed by atoms with Gasteiger partial charge in [-0.3, -0.25) is 9.59 Å². The number of rotatable bonds is 16. The van der Waals surface area contributed by atoms with Crippen LogP contribution < -0.4 is 0 Å². The number of methoxy groups -OCH3 is 2. The molecular formula is C29H48O4. The highest BCUT2D eigenvalue weighted by Gasteiger charge is 2.34. The summed E-state index contributed by atoms with van der Waals surface area (Å²) in [5.74, 6) is 1.93. The van der Waals surface area contributed by atoms with Gasteiger partial charge in [-0.05, 0) is 50.9 Å². The molecule has 2 atom stereocenters. The first-order valence-corrected chi connectivity index (χ1v) is 12.9. The predicted octanol–water partition coefficient (Wildman–Crippen LogP) is 7.73. The molecule has 0 radical (unpaired) electrons. The van der Waals surface area contributed by atoms with Gasteiger partial charge in [0.1, 0.15) is 0 Å². The lowest BCUT2D eigenvalue weighted by molar-refractivity contribution is -0.121. The number of ether oxygens (including phenoxy) is 2. The number of carbonyl (C=O) groups excluding carboxylic acids is 2. The van der Waals surface area contributed by atoms with Gasteiger partial charge in [-0.25, -0.2) is 0 Å². The van der Waals surface area contributed by atoms with Crippen molar-refractivity contribution in [2.45, 2.75) is 106 Å². The third kappa shape index (κ3) is 9.90. The highest BCUT2D eigenvalue weighted by Crippen LogP contribution is 2.28. The van der Waals surface area contributed by atoms with Crippen LogP contribution in [0.15, 0.2) is 34.3 Å². The summed E-state index contributed by atoms with van der Waals surface area (Å²) in [5, 5.41) is 0. The molecule has 0 amide bonds. The van der Waals surface area contributed by atoms with Crippen LogP contribution in [0.2, 0.25) is 0 Å². The van der Waals surface area contributed by atoms with E-state index in [2.05, 4.69) is 40.7 Å². The maximum absolute atomic E-state index is 12.7. The lowest BCUT2D eigenvalue weighted by atomic mass is 9.90. The van der Waals surface area contributed by atoms with Crippen molar-refractivity contribution < 1.29 is 19.1 Å². The molecule has 0 aromatic rings. The molecule has 0 unspecified atom stereocenters. The quantitative estimate of drug-likeness (QED) is 0.175. The Hall–Kier alpha value is -1.84. The molecule has 0 saturated carbocycles. The van der Waals surface area contributed by atoms with Crippen molar-refractivity contribution >= 4 is 11.6 Å². The van der Waals surface area contributed by atoms with Gasteiger partial charge in [-0.15, -0.1) is 0 Å². The van der Waals surface area contributed by atoms with Gasteiger partial charge in [-0.2, -0.15) is 0 Å². The standard InChI is InChI=1S/C29H48O4/c1-20(2)12-9-13-21(3)14-10-15-22(4)16-11-17-23(5)18-19-25-24(6)26(30)28(32-7)29(33-8)27(25)31/h18,20-22H,9-17,19H2,1-8H3/b23-18-/t21-,22+/m0/s1. The Morgan fingerprint density at radius 2 is 1.27 bits per heavy atom. The lowest BCUT2D eigenvalue weighted by Crippen LogP contribution is -2.24. The molecule has 0 N–H and O–H groups in total. The Kier molecular flexibility index (Phi) is 13.4. The van der Waals surface area contributed by atoms with Crippen molar-refractivity contribution in [3.05, 3.63) is 34.3 Å². The highest BCUT2D eigenvalue weighted by atomic mass is 16.5. The third-order valence-corrected chi connectivity index (χ3v) is 6.89. The van der Waals surface area contributed by atoms with Crippen molar-refractivity contribution in [2.24, 2.45) is 17.8 Å². The van der Waals surface area contributed by atoms with Crippen LogP contribution in [0.5, 0.6) is 0 Å². The molecule has 1 aliphatic rings. The second-order valence-electron chi connectivity index (χ2n) is 10.4. The van der Waals surface area contributed by atoms with Crippen molar-refractivity contribution in [1.82, 2.24) is 0 Å². The van der Waals surface area contributed by atoms with E-state index in [9.17, 15) is 9.59 Å². The van der Waals surface area contributed by atoms with Gasteiger partial charge >= 0.3 is 0 Å². The molecule has 1 aliphatic carbocycles. The zero-order valence-corrected chi connectivity index (χ0v) is 22.5. The zero-order valence-electron chi connectivity index (χ0n) is 22.5. The van der Waals surface area contributed by atoms with E-state index in [1.165, 1.54) is 64.7 Å². The minimum atomic E-state index is -0.266. The summed E-state index contributed by atoms with van der Waals surface area (Å²) in [6, 6.07) is 0. The summed E-state index contributed by atoms with van der Waals surface area (Å²) in [6.45, 7) is 13.2. The average Bonchev–Trinajstić information content (AvgIpc) is 2.75. The second kappa shape index (κ2) is 15.1. The van der Waals surface area contributed by atoms with E-state index in [0.717, 1.165) is 30.6 Å². The fourth-order valence-corrected chi connectivity index (χ4v) is 4.52. The Morgan fingerprint density at radius 3 is 1.79 bits per heavy atom. The van der Waals surface area contributed by atoms with Crippen molar-refractivity contribution in [2.75, 3.05) is 14.2 Å². The molecule has 1 rings (SSSR count). The summed E-state index contributed by atoms with van der Waals surface area (Å²) < 4.78 is 10.3. The van der Waals surface area contributed by atoms with E-state index < -0.39 is 0 Å². The van der Waals surface area contributed by atoms with Crippen LogP contribution in [-0.2, 0) is 19.1 Å². The second-order valence-corrected chi connectivity index (χ2v) is 10.4. The summed E-state index contributed by atoms with van der Waals surface area (Å²) in [5.41, 5.74) is 2.23. The zero-order chi connectivity index (χ0) is 25.0. The monoisotopic (exact) mass is 460 g/mol. The maximum Gasteiger partial charge on any atom is 0.228 e. The topological polar surface area (TPSA) is 52.6 Å². The Balaban J connectivity index is 2.39. The molecule has 0 spiro atoms. The Bertz CT molecular complexity index is 739. The number of Topliss-reactive ketones (excluding diaryl/α,β-unsaturated/α-hetero) is 2. The molecule has 4 nitrogen and oxygen atoms in total. The molecule has 0 bridgehead atoms. The molecular weight excluding hydrogens is 412 g/mol. The minimum Gasteiger partial charge on any atom is -0.489 e. The van der Waals surface area contributed by atoms with E-state index in [4.69, 9.17) is 9.47 Å². The number of hydrogen-bond donors (Lipinski definition) is 0. The van der Waals surface area contributed by atoms with E-state index in [0.29, 0.717) is 17.6 Å². The van der Waals surface area contributed by atoms with Crippen molar-refractivity contribution in [1.29, 1.82) is 0 Å². The molecule has 0 aliphatic heterocycles. The van der Waals surface area contributed by atoms with Crippen LogP contribution in [0.4, 0.5) is 0 Å². The summed E-state index contributed by atoms with van der Waals surface area (Å²) in [4.78, 5) is 25.2. The minimum absolute atomic E-state index is 0.00314. The van der Waals surface area contributed by atoms with Crippen molar-refractivity contribution in [3.63, 3.8) is 0 Å². The van der Waals surface area contributed by atoms with Gasteiger partial charge in [0, 0.05) is 11.1 Å². The molecule has 33 heavy (non-hydrogen) atoms. The first kappa shape index (κ1) is 29.2. The summed E-state index contributed by atoms with van der Waals surface area (Å²) in [6.07, 6.45) is 14.1. The largest absolute Gasteiger partial charge is 0.489 e. The van der Waals surface area contributed by atoms with Gasteiger partial charge < -0.3 is 9.47 Å². The van der Waals surface area contributed by atoms with Crippen LogP contribution in [-0.4, -0.2) is 25.8 Å². The molecule has 0 aromatic heterocycles. The maximum atomic E-state index is 12.7. The predicted molar refractivity (Wildman–Crippen MR) is 137 cm³/mol. The van der Waals surface area contributed by atoms with E-state index in [-0.39, 0.29) is 23.1 Å². The molecule has 0 heterocycles. The molecule has 0 fully saturated rings. The molecule has 0 aromatic carbocycles. The van der Waals surface area contributed by atoms with Gasteiger partial charge in [-0.1, -0.05) is 84.3 Å². The van der Waals surface area contributed by atoms with Crippen LogP contribution in [0.1, 0.15) is 106 Å². The number of ketones is 2. The van der Waals surface area contributed by atoms with Crippen LogP contribution in [0.25, 0.3) is 0 Å². The van der Waals surface area contributed by atoms with E-state index in [1.54, 1.807) is 6.92 Å². The van der Waals surface area contributed by atoms with Gasteiger partial charge in [0.2, 0.25) is 23.1 Å². The van der Waals surface area contributed by atoms with Gasteiger partial charge in [0.05, 0.1) is 14.2 Å². The van der Waals surface area contributed by atoms with E-state index >= 15 is 0 Å². The number of hydrogen-bond acceptors (Lipinski definition) is 4. The molecule has 188 valence electrons. The first-order valence-electron chi connectivity index (χ1n) is 12.9. The fourth-order valence-electron chi connectivity index (χ4n) is 4.52. The lowest BCUT2D eigenvalue weighted by Gasteiger charge is -2.19. The van der Waals surface area contributed by atoms with E-state index in [1.807, 2.05) is 0 Å². The Labute approximate surface area is 202 Å². The number of carbonyl (C=O) groups is 2. The summed E-state index contributed by atoms with van der Waals surface area (Å²) in [7, 11) is 2.78. The van der Waals surface area contributed by atoms with Crippen LogP contribution in [0.3, 0.4) is 0 Å². The highest BCUT2D eigenvalue weighted by molar-refractivity contribution is 6.23. The van der Waals surface area contributed by atoms with Crippen LogP contribution in [0, 0.1) is 17.8 Å². The smallest absolute Gasteiger partial charge is 0.228 e. The third-order valence-electron chi connectivity index (χ3n) is 6.89. The van der Waals surface area contributed by atoms with Gasteiger partial charge in [0.15, 0.2) is 0 Å². The van der Waals surface area contributed by atoms with Gasteiger partial charge in [0.25, 0.3) is 0 Å².